The standard InChI is InChI=1S/C17H14ClNO2S/c1-11-5-6-16-14(9-11)15(7-8-22-16)19-21-17(20)12-3-2-4-13(18)10-12/h2-6,9-10H,7-8H2,1H3/b19-15-. The number of benzene rings is 2. The number of fused-ring (bicyclic) bond motifs is 1. The van der Waals surface area contributed by atoms with Crippen LogP contribution in [0.3, 0.4) is 0 Å². The fourth-order valence-electron chi connectivity index (χ4n) is 2.25. The van der Waals surface area contributed by atoms with Gasteiger partial charge in [-0.25, -0.2) is 4.79 Å². The van der Waals surface area contributed by atoms with E-state index in [4.69, 9.17) is 16.4 Å². The van der Waals surface area contributed by atoms with Gasteiger partial charge in [-0.2, -0.15) is 0 Å². The molecule has 0 aromatic heterocycles. The monoisotopic (exact) mass is 331 g/mol. The van der Waals surface area contributed by atoms with Crippen molar-refractivity contribution in [2.24, 2.45) is 5.16 Å². The summed E-state index contributed by atoms with van der Waals surface area (Å²) in [7, 11) is 0. The number of carbonyl (C=O) groups is 1. The van der Waals surface area contributed by atoms with Gasteiger partial charge in [-0.05, 0) is 37.3 Å². The van der Waals surface area contributed by atoms with Crippen molar-refractivity contribution in [3.05, 3.63) is 64.2 Å². The lowest BCUT2D eigenvalue weighted by molar-refractivity contribution is 0.0516. The zero-order valence-corrected chi connectivity index (χ0v) is 13.6. The maximum Gasteiger partial charge on any atom is 0.365 e. The number of thioether (sulfide) groups is 1. The molecule has 0 fully saturated rings. The van der Waals surface area contributed by atoms with Crippen LogP contribution in [-0.2, 0) is 4.84 Å². The van der Waals surface area contributed by atoms with Gasteiger partial charge in [-0.1, -0.05) is 34.5 Å². The highest BCUT2D eigenvalue weighted by molar-refractivity contribution is 7.99. The summed E-state index contributed by atoms with van der Waals surface area (Å²) in [5.41, 5.74) is 3.42. The predicted octanol–water partition coefficient (Wildman–Crippen LogP) is 4.71. The van der Waals surface area contributed by atoms with Gasteiger partial charge in [0.15, 0.2) is 0 Å². The van der Waals surface area contributed by atoms with Crippen LogP contribution < -0.4 is 0 Å². The quantitative estimate of drug-likeness (QED) is 0.591. The third kappa shape index (κ3) is 3.34. The van der Waals surface area contributed by atoms with E-state index in [0.717, 1.165) is 29.0 Å². The van der Waals surface area contributed by atoms with Gasteiger partial charge < -0.3 is 4.84 Å². The highest BCUT2D eigenvalue weighted by atomic mass is 35.5. The molecule has 3 rings (SSSR count). The van der Waals surface area contributed by atoms with E-state index in [1.165, 1.54) is 4.90 Å². The summed E-state index contributed by atoms with van der Waals surface area (Å²) in [5.74, 6) is 0.436. The maximum absolute atomic E-state index is 12.0. The average Bonchev–Trinajstić information content (AvgIpc) is 2.52. The molecule has 22 heavy (non-hydrogen) atoms. The summed E-state index contributed by atoms with van der Waals surface area (Å²) in [6.45, 7) is 2.04. The molecule has 112 valence electrons. The molecular formula is C17H14ClNO2S. The van der Waals surface area contributed by atoms with Gasteiger partial charge in [-0.3, -0.25) is 0 Å². The van der Waals surface area contributed by atoms with Crippen molar-refractivity contribution in [2.45, 2.75) is 18.2 Å². The first-order valence-electron chi connectivity index (χ1n) is 6.91. The summed E-state index contributed by atoms with van der Waals surface area (Å²) in [4.78, 5) is 18.3. The Morgan fingerprint density at radius 1 is 1.27 bits per heavy atom. The number of oxime groups is 1. The van der Waals surface area contributed by atoms with Gasteiger partial charge >= 0.3 is 5.97 Å². The lowest BCUT2D eigenvalue weighted by atomic mass is 10.1. The molecular weight excluding hydrogens is 318 g/mol. The zero-order valence-electron chi connectivity index (χ0n) is 12.0. The predicted molar refractivity (Wildman–Crippen MR) is 89.9 cm³/mol. The molecule has 0 aliphatic carbocycles. The van der Waals surface area contributed by atoms with E-state index in [9.17, 15) is 4.79 Å². The number of carbonyl (C=O) groups excluding carboxylic acids is 1. The topological polar surface area (TPSA) is 38.7 Å². The van der Waals surface area contributed by atoms with E-state index in [1.54, 1.807) is 36.0 Å². The van der Waals surface area contributed by atoms with Crippen molar-refractivity contribution >= 4 is 35.0 Å². The van der Waals surface area contributed by atoms with Crippen molar-refractivity contribution in [3.8, 4) is 0 Å². The normalized spacial score (nSPS) is 15.5. The minimum atomic E-state index is -0.498. The first kappa shape index (κ1) is 15.1. The molecule has 0 N–H and O–H groups in total. The summed E-state index contributed by atoms with van der Waals surface area (Å²) in [5, 5.41) is 4.58. The third-order valence-electron chi connectivity index (χ3n) is 3.34. The molecule has 1 heterocycles. The average molecular weight is 332 g/mol. The van der Waals surface area contributed by atoms with Gasteiger partial charge in [0.25, 0.3) is 0 Å². The van der Waals surface area contributed by atoms with Crippen LogP contribution in [0.1, 0.15) is 27.9 Å². The van der Waals surface area contributed by atoms with Crippen LogP contribution in [0.2, 0.25) is 5.02 Å². The summed E-state index contributed by atoms with van der Waals surface area (Å²) in [6.07, 6.45) is 0.782. The maximum atomic E-state index is 12.0. The van der Waals surface area contributed by atoms with E-state index in [0.29, 0.717) is 10.6 Å². The summed E-state index contributed by atoms with van der Waals surface area (Å²) >= 11 is 7.67. The second kappa shape index (κ2) is 6.55. The third-order valence-corrected chi connectivity index (χ3v) is 4.65. The first-order valence-corrected chi connectivity index (χ1v) is 8.27. The highest BCUT2D eigenvalue weighted by Crippen LogP contribution is 2.31. The first-order chi connectivity index (χ1) is 10.6. The molecule has 0 unspecified atom stereocenters. The Hall–Kier alpha value is -1.78. The molecule has 0 amide bonds. The van der Waals surface area contributed by atoms with Crippen LogP contribution in [0.15, 0.2) is 52.5 Å². The Morgan fingerprint density at radius 2 is 2.14 bits per heavy atom. The van der Waals surface area contributed by atoms with Crippen LogP contribution in [0.4, 0.5) is 0 Å². The summed E-state index contributed by atoms with van der Waals surface area (Å²) in [6, 6.07) is 12.9. The molecule has 0 radical (unpaired) electrons. The van der Waals surface area contributed by atoms with E-state index in [2.05, 4.69) is 23.4 Å². The smallest absolute Gasteiger partial charge is 0.313 e. The van der Waals surface area contributed by atoms with E-state index in [1.807, 2.05) is 6.92 Å². The highest BCUT2D eigenvalue weighted by Gasteiger charge is 2.17. The fraction of sp³-hybridized carbons (Fsp3) is 0.176. The number of rotatable bonds is 2. The van der Waals surface area contributed by atoms with E-state index < -0.39 is 5.97 Å². The molecule has 0 atom stereocenters. The molecule has 0 spiro atoms. The number of hydrogen-bond acceptors (Lipinski definition) is 4. The van der Waals surface area contributed by atoms with Gasteiger partial charge in [0.2, 0.25) is 0 Å². The fourth-order valence-corrected chi connectivity index (χ4v) is 3.45. The largest absolute Gasteiger partial charge is 0.365 e. The Bertz CT molecular complexity index is 758. The number of hydrogen-bond donors (Lipinski definition) is 0. The minimum absolute atomic E-state index is 0.395. The van der Waals surface area contributed by atoms with Crippen molar-refractivity contribution in [1.82, 2.24) is 0 Å². The Balaban J connectivity index is 1.82. The second-order valence-electron chi connectivity index (χ2n) is 5.03. The lowest BCUT2D eigenvalue weighted by Crippen LogP contribution is -2.12. The number of aryl methyl sites for hydroxylation is 1. The summed E-state index contributed by atoms with van der Waals surface area (Å²) < 4.78 is 0. The zero-order chi connectivity index (χ0) is 15.5. The van der Waals surface area contributed by atoms with Gasteiger partial charge in [0.1, 0.15) is 0 Å². The molecule has 0 saturated carbocycles. The van der Waals surface area contributed by atoms with E-state index >= 15 is 0 Å². The molecule has 5 heteroatoms. The number of halogens is 1. The molecule has 2 aromatic rings. The Morgan fingerprint density at radius 3 is 2.95 bits per heavy atom. The van der Waals surface area contributed by atoms with Gasteiger partial charge in [-0.15, -0.1) is 11.8 Å². The SMILES string of the molecule is Cc1ccc2c(c1)/C(=N\OC(=O)c1cccc(Cl)c1)CCS2. The van der Waals surface area contributed by atoms with Crippen molar-refractivity contribution in [2.75, 3.05) is 5.75 Å². The van der Waals surface area contributed by atoms with Crippen LogP contribution in [0.25, 0.3) is 0 Å². The van der Waals surface area contributed by atoms with Gasteiger partial charge in [0.05, 0.1) is 11.3 Å². The van der Waals surface area contributed by atoms with Crippen LogP contribution in [-0.4, -0.2) is 17.4 Å². The van der Waals surface area contributed by atoms with Crippen molar-refractivity contribution < 1.29 is 9.63 Å². The van der Waals surface area contributed by atoms with Crippen LogP contribution in [0, 0.1) is 6.92 Å². The van der Waals surface area contributed by atoms with Crippen molar-refractivity contribution in [1.29, 1.82) is 0 Å². The Kier molecular flexibility index (Phi) is 4.50. The minimum Gasteiger partial charge on any atom is -0.313 e. The number of nitrogens with zero attached hydrogens (tertiary/aromatic N) is 1. The molecule has 1 aliphatic heterocycles. The molecule has 0 saturated heterocycles. The van der Waals surface area contributed by atoms with Gasteiger partial charge in [0, 0.05) is 27.7 Å². The van der Waals surface area contributed by atoms with Crippen LogP contribution in [0.5, 0.6) is 0 Å². The molecule has 1 aliphatic rings. The lowest BCUT2D eigenvalue weighted by Gasteiger charge is -2.17. The molecule has 3 nitrogen and oxygen atoms in total. The molecule has 0 bridgehead atoms. The van der Waals surface area contributed by atoms with Crippen molar-refractivity contribution in [3.63, 3.8) is 0 Å². The molecule has 2 aromatic carbocycles. The Labute approximate surface area is 138 Å². The second-order valence-corrected chi connectivity index (χ2v) is 6.60. The van der Waals surface area contributed by atoms with E-state index in [-0.39, 0.29) is 0 Å². The van der Waals surface area contributed by atoms with Crippen LogP contribution >= 0.6 is 23.4 Å².